The Bertz CT molecular complexity index is 213. The van der Waals surface area contributed by atoms with Gasteiger partial charge in [-0.15, -0.1) is 0 Å². The van der Waals surface area contributed by atoms with Gasteiger partial charge >= 0.3 is 0 Å². The number of hydrogen-bond acceptors (Lipinski definition) is 4. The third-order valence-corrected chi connectivity index (χ3v) is 3.67. The Morgan fingerprint density at radius 1 is 1.50 bits per heavy atom. The molecule has 4 heteroatoms. The van der Waals surface area contributed by atoms with Gasteiger partial charge in [-0.2, -0.15) is 0 Å². The fourth-order valence-electron chi connectivity index (χ4n) is 2.61. The summed E-state index contributed by atoms with van der Waals surface area (Å²) in [7, 11) is 1.80. The molecule has 4 nitrogen and oxygen atoms in total. The third kappa shape index (κ3) is 3.17. The molecule has 0 saturated carbocycles. The number of nitrogens with one attached hydrogen (secondary N) is 1. The molecule has 3 atom stereocenters. The lowest BCUT2D eigenvalue weighted by Gasteiger charge is -2.34. The number of methoxy groups -OCH3 is 1. The topological polar surface area (TPSA) is 33.7 Å². The second kappa shape index (κ2) is 5.96. The standard InChI is InChI=1S/C12H24N2O2/c1-3-11-9-14(4-5-16-11)8-10-6-12(15-2)7-13-10/h10-13H,3-9H2,1-2H3. The second-order valence-corrected chi connectivity index (χ2v) is 4.86. The molecule has 2 aliphatic rings. The molecule has 2 heterocycles. The summed E-state index contributed by atoms with van der Waals surface area (Å²) in [4.78, 5) is 2.52. The van der Waals surface area contributed by atoms with Gasteiger partial charge in [0.05, 0.1) is 18.8 Å². The van der Waals surface area contributed by atoms with E-state index in [1.54, 1.807) is 7.11 Å². The van der Waals surface area contributed by atoms with Crippen molar-refractivity contribution in [2.75, 3.05) is 39.9 Å². The third-order valence-electron chi connectivity index (χ3n) is 3.67. The van der Waals surface area contributed by atoms with Crippen LogP contribution < -0.4 is 5.32 Å². The lowest BCUT2D eigenvalue weighted by Crippen LogP contribution is -2.47. The van der Waals surface area contributed by atoms with Gasteiger partial charge in [0.15, 0.2) is 0 Å². The monoisotopic (exact) mass is 228 g/mol. The Morgan fingerprint density at radius 2 is 2.38 bits per heavy atom. The van der Waals surface area contributed by atoms with Gasteiger partial charge in [-0.05, 0) is 12.8 Å². The molecule has 1 N–H and O–H groups in total. The van der Waals surface area contributed by atoms with Gasteiger partial charge in [0.2, 0.25) is 0 Å². The molecule has 0 bridgehead atoms. The van der Waals surface area contributed by atoms with E-state index >= 15 is 0 Å². The summed E-state index contributed by atoms with van der Waals surface area (Å²) in [6.45, 7) is 7.39. The van der Waals surface area contributed by atoms with E-state index in [1.165, 1.54) is 0 Å². The average Bonchev–Trinajstić information content (AvgIpc) is 2.77. The molecule has 94 valence electrons. The molecule has 0 amide bonds. The van der Waals surface area contributed by atoms with Crippen LogP contribution in [0.1, 0.15) is 19.8 Å². The van der Waals surface area contributed by atoms with Crippen molar-refractivity contribution < 1.29 is 9.47 Å². The summed E-state index contributed by atoms with van der Waals surface area (Å²) in [6, 6.07) is 0.598. The van der Waals surface area contributed by atoms with E-state index < -0.39 is 0 Å². The first-order valence-corrected chi connectivity index (χ1v) is 6.42. The molecule has 2 saturated heterocycles. The molecular weight excluding hydrogens is 204 g/mol. The quantitative estimate of drug-likeness (QED) is 0.758. The lowest BCUT2D eigenvalue weighted by molar-refractivity contribution is -0.0319. The Hall–Kier alpha value is -0.160. The summed E-state index contributed by atoms with van der Waals surface area (Å²) >= 11 is 0. The summed E-state index contributed by atoms with van der Waals surface area (Å²) in [6.07, 6.45) is 3.11. The minimum absolute atomic E-state index is 0.410. The lowest BCUT2D eigenvalue weighted by atomic mass is 10.1. The SMILES string of the molecule is CCC1CN(CC2CC(OC)CN2)CCO1. The van der Waals surface area contributed by atoms with E-state index in [-0.39, 0.29) is 0 Å². The van der Waals surface area contributed by atoms with Crippen LogP contribution in [0.5, 0.6) is 0 Å². The minimum Gasteiger partial charge on any atom is -0.380 e. The van der Waals surface area contributed by atoms with E-state index in [4.69, 9.17) is 9.47 Å². The zero-order valence-electron chi connectivity index (χ0n) is 10.4. The van der Waals surface area contributed by atoms with E-state index in [1.807, 2.05) is 0 Å². The van der Waals surface area contributed by atoms with Gasteiger partial charge in [-0.3, -0.25) is 4.90 Å². The van der Waals surface area contributed by atoms with Crippen molar-refractivity contribution >= 4 is 0 Å². The highest BCUT2D eigenvalue weighted by Gasteiger charge is 2.27. The van der Waals surface area contributed by atoms with Crippen molar-refractivity contribution in [2.24, 2.45) is 0 Å². The zero-order valence-corrected chi connectivity index (χ0v) is 10.4. The van der Waals surface area contributed by atoms with Gasteiger partial charge in [0.25, 0.3) is 0 Å². The van der Waals surface area contributed by atoms with Crippen LogP contribution in [0.4, 0.5) is 0 Å². The summed E-state index contributed by atoms with van der Waals surface area (Å²) in [5, 5.41) is 3.53. The summed E-state index contributed by atoms with van der Waals surface area (Å²) < 4.78 is 11.0. The molecule has 0 spiro atoms. The molecule has 0 aromatic heterocycles. The maximum atomic E-state index is 5.68. The van der Waals surface area contributed by atoms with Crippen LogP contribution in [0.25, 0.3) is 0 Å². The first-order valence-electron chi connectivity index (χ1n) is 6.42. The number of nitrogens with zero attached hydrogens (tertiary/aromatic N) is 1. The van der Waals surface area contributed by atoms with Gasteiger partial charge in [0.1, 0.15) is 0 Å². The molecule has 0 aliphatic carbocycles. The number of hydrogen-bond donors (Lipinski definition) is 1. The van der Waals surface area contributed by atoms with Crippen LogP contribution in [0.15, 0.2) is 0 Å². The fraction of sp³-hybridized carbons (Fsp3) is 1.00. The first-order chi connectivity index (χ1) is 7.81. The maximum absolute atomic E-state index is 5.68. The van der Waals surface area contributed by atoms with E-state index in [9.17, 15) is 0 Å². The van der Waals surface area contributed by atoms with Crippen molar-refractivity contribution in [1.82, 2.24) is 10.2 Å². The van der Waals surface area contributed by atoms with Gasteiger partial charge in [-0.1, -0.05) is 6.92 Å². The van der Waals surface area contributed by atoms with Crippen molar-refractivity contribution in [2.45, 2.75) is 38.0 Å². The number of rotatable bonds is 4. The molecule has 2 rings (SSSR count). The van der Waals surface area contributed by atoms with Crippen LogP contribution in [0.3, 0.4) is 0 Å². The normalized spacial score (nSPS) is 36.8. The molecule has 0 aromatic rings. The Labute approximate surface area is 98.3 Å². The van der Waals surface area contributed by atoms with Crippen LogP contribution in [-0.2, 0) is 9.47 Å². The Balaban J connectivity index is 1.73. The smallest absolute Gasteiger partial charge is 0.0711 e. The van der Waals surface area contributed by atoms with Gasteiger partial charge in [-0.25, -0.2) is 0 Å². The fourth-order valence-corrected chi connectivity index (χ4v) is 2.61. The van der Waals surface area contributed by atoms with E-state index in [2.05, 4.69) is 17.1 Å². The molecule has 0 aromatic carbocycles. The van der Waals surface area contributed by atoms with Crippen molar-refractivity contribution in [3.05, 3.63) is 0 Å². The largest absolute Gasteiger partial charge is 0.380 e. The predicted molar refractivity (Wildman–Crippen MR) is 63.7 cm³/mol. The number of ether oxygens (including phenoxy) is 2. The van der Waals surface area contributed by atoms with Gasteiger partial charge < -0.3 is 14.8 Å². The molecule has 16 heavy (non-hydrogen) atoms. The van der Waals surface area contributed by atoms with Crippen molar-refractivity contribution in [1.29, 1.82) is 0 Å². The van der Waals surface area contributed by atoms with E-state index in [0.29, 0.717) is 18.2 Å². The second-order valence-electron chi connectivity index (χ2n) is 4.86. The average molecular weight is 228 g/mol. The molecule has 0 radical (unpaired) electrons. The molecule has 3 unspecified atom stereocenters. The van der Waals surface area contributed by atoms with Crippen molar-refractivity contribution in [3.8, 4) is 0 Å². The summed E-state index contributed by atoms with van der Waals surface area (Å²) in [5.74, 6) is 0. The Morgan fingerprint density at radius 3 is 3.06 bits per heavy atom. The van der Waals surface area contributed by atoms with Crippen LogP contribution in [-0.4, -0.2) is 63.0 Å². The molecule has 2 aliphatic heterocycles. The maximum Gasteiger partial charge on any atom is 0.0711 e. The predicted octanol–water partition coefficient (Wildman–Crippen LogP) is 0.474. The van der Waals surface area contributed by atoms with Crippen molar-refractivity contribution in [3.63, 3.8) is 0 Å². The van der Waals surface area contributed by atoms with E-state index in [0.717, 1.165) is 45.6 Å². The summed E-state index contributed by atoms with van der Waals surface area (Å²) in [5.41, 5.74) is 0. The van der Waals surface area contributed by atoms with Gasteiger partial charge in [0, 0.05) is 39.3 Å². The zero-order chi connectivity index (χ0) is 11.4. The molecular formula is C12H24N2O2. The van der Waals surface area contributed by atoms with Crippen LogP contribution in [0, 0.1) is 0 Å². The molecule has 2 fully saturated rings. The Kier molecular flexibility index (Phi) is 4.58. The highest BCUT2D eigenvalue weighted by molar-refractivity contribution is 4.85. The van der Waals surface area contributed by atoms with Crippen LogP contribution in [0.2, 0.25) is 0 Å². The highest BCUT2D eigenvalue weighted by Crippen LogP contribution is 2.14. The minimum atomic E-state index is 0.410. The first kappa shape index (κ1) is 12.3. The van der Waals surface area contributed by atoms with Crippen LogP contribution >= 0.6 is 0 Å². The highest BCUT2D eigenvalue weighted by atomic mass is 16.5. The number of morpholine rings is 1.